The van der Waals surface area contributed by atoms with Crippen LogP contribution in [0.4, 0.5) is 0 Å². The van der Waals surface area contributed by atoms with Crippen LogP contribution < -0.4 is 20.7 Å². The zero-order chi connectivity index (χ0) is 14.1. The van der Waals surface area contributed by atoms with Crippen molar-refractivity contribution in [1.29, 1.82) is 0 Å². The van der Waals surface area contributed by atoms with Gasteiger partial charge >= 0.3 is 0 Å². The summed E-state index contributed by atoms with van der Waals surface area (Å²) >= 11 is 0. The van der Waals surface area contributed by atoms with Gasteiger partial charge in [0.2, 0.25) is 0 Å². The van der Waals surface area contributed by atoms with Crippen molar-refractivity contribution >= 4 is 0 Å². The first-order valence-corrected chi connectivity index (χ1v) is 6.53. The van der Waals surface area contributed by atoms with Gasteiger partial charge in [0.15, 0.2) is 0 Å². The molecule has 0 heterocycles. The molecule has 0 aliphatic carbocycles. The summed E-state index contributed by atoms with van der Waals surface area (Å²) in [5.41, 5.74) is 3.78. The van der Waals surface area contributed by atoms with E-state index in [0.29, 0.717) is 0 Å². The Bertz CT molecular complexity index is 349. The second kappa shape index (κ2) is 8.74. The van der Waals surface area contributed by atoms with Gasteiger partial charge in [0.25, 0.3) is 0 Å². The quantitative estimate of drug-likeness (QED) is 0.407. The maximum absolute atomic E-state index is 5.66. The summed E-state index contributed by atoms with van der Waals surface area (Å²) in [5.74, 6) is 7.22. The molecule has 0 bridgehead atoms. The van der Waals surface area contributed by atoms with Crippen molar-refractivity contribution in [2.45, 2.75) is 25.8 Å². The molecule has 0 spiro atoms. The predicted molar refractivity (Wildman–Crippen MR) is 75.3 cm³/mol. The van der Waals surface area contributed by atoms with E-state index in [2.05, 4.69) is 5.43 Å². The Hall–Kier alpha value is -1.30. The Kier molecular flexibility index (Phi) is 7.25. The van der Waals surface area contributed by atoms with Crippen molar-refractivity contribution in [2.75, 3.05) is 27.4 Å². The fraction of sp³-hybridized carbons (Fsp3) is 0.571. The summed E-state index contributed by atoms with van der Waals surface area (Å²) < 4.78 is 16.1. The lowest BCUT2D eigenvalue weighted by molar-refractivity contribution is 0.140. The van der Waals surface area contributed by atoms with Crippen LogP contribution in [0, 0.1) is 0 Å². The van der Waals surface area contributed by atoms with Crippen LogP contribution in [-0.2, 0) is 4.74 Å². The first kappa shape index (κ1) is 15.8. The molecule has 108 valence electrons. The molecule has 0 aliphatic heterocycles. The van der Waals surface area contributed by atoms with E-state index in [4.69, 9.17) is 20.1 Å². The largest absolute Gasteiger partial charge is 0.496 e. The van der Waals surface area contributed by atoms with E-state index in [-0.39, 0.29) is 6.04 Å². The summed E-state index contributed by atoms with van der Waals surface area (Å²) in [4.78, 5) is 0. The number of hydrogen-bond donors (Lipinski definition) is 2. The molecule has 1 unspecified atom stereocenters. The third kappa shape index (κ3) is 4.38. The molecular formula is C14H24N2O3. The van der Waals surface area contributed by atoms with Crippen LogP contribution in [0.3, 0.4) is 0 Å². The normalized spacial score (nSPS) is 12.2. The Morgan fingerprint density at radius 2 is 1.84 bits per heavy atom. The van der Waals surface area contributed by atoms with Crippen molar-refractivity contribution in [3.63, 3.8) is 0 Å². The average molecular weight is 268 g/mol. The number of hydrogen-bond acceptors (Lipinski definition) is 5. The monoisotopic (exact) mass is 268 g/mol. The third-order valence-electron chi connectivity index (χ3n) is 3.00. The molecule has 0 aromatic heterocycles. The summed E-state index contributed by atoms with van der Waals surface area (Å²) in [7, 11) is 3.29. The molecule has 0 fully saturated rings. The highest BCUT2D eigenvalue weighted by Crippen LogP contribution is 2.35. The molecule has 1 aromatic carbocycles. The van der Waals surface area contributed by atoms with E-state index in [0.717, 1.165) is 43.1 Å². The van der Waals surface area contributed by atoms with Crippen LogP contribution >= 0.6 is 0 Å². The Labute approximate surface area is 115 Å². The molecule has 5 heteroatoms. The second-order valence-corrected chi connectivity index (χ2v) is 4.13. The smallest absolute Gasteiger partial charge is 0.127 e. The van der Waals surface area contributed by atoms with E-state index in [9.17, 15) is 0 Å². The molecule has 1 rings (SSSR count). The van der Waals surface area contributed by atoms with Crippen LogP contribution in [0.25, 0.3) is 0 Å². The van der Waals surface area contributed by atoms with Gasteiger partial charge in [0, 0.05) is 13.2 Å². The highest BCUT2D eigenvalue weighted by atomic mass is 16.5. The third-order valence-corrected chi connectivity index (χ3v) is 3.00. The second-order valence-electron chi connectivity index (χ2n) is 4.13. The van der Waals surface area contributed by atoms with Crippen LogP contribution in [0.2, 0.25) is 0 Å². The molecular weight excluding hydrogens is 244 g/mol. The minimum absolute atomic E-state index is 0.0217. The van der Waals surface area contributed by atoms with Crippen molar-refractivity contribution < 1.29 is 14.2 Å². The Balaban J connectivity index is 2.83. The number of benzene rings is 1. The molecule has 19 heavy (non-hydrogen) atoms. The molecule has 5 nitrogen and oxygen atoms in total. The maximum atomic E-state index is 5.66. The van der Waals surface area contributed by atoms with Crippen LogP contribution in [0.5, 0.6) is 11.5 Å². The van der Waals surface area contributed by atoms with Gasteiger partial charge in [-0.25, -0.2) is 0 Å². The minimum Gasteiger partial charge on any atom is -0.496 e. The lowest BCUT2D eigenvalue weighted by Crippen LogP contribution is -2.29. The van der Waals surface area contributed by atoms with E-state index in [1.165, 1.54) is 0 Å². The molecule has 0 saturated heterocycles. The van der Waals surface area contributed by atoms with Gasteiger partial charge in [-0.3, -0.25) is 11.3 Å². The fourth-order valence-corrected chi connectivity index (χ4v) is 2.07. The molecule has 1 aromatic rings. The fourth-order valence-electron chi connectivity index (χ4n) is 2.07. The molecule has 0 radical (unpaired) electrons. The summed E-state index contributed by atoms with van der Waals surface area (Å²) in [6.45, 7) is 3.45. The van der Waals surface area contributed by atoms with Crippen molar-refractivity contribution in [2.24, 2.45) is 5.84 Å². The number of rotatable bonds is 9. The Morgan fingerprint density at radius 3 is 2.32 bits per heavy atom. The molecule has 0 aliphatic rings. The van der Waals surface area contributed by atoms with Gasteiger partial charge in [0.05, 0.1) is 25.8 Å². The van der Waals surface area contributed by atoms with Crippen molar-refractivity contribution in [3.05, 3.63) is 23.8 Å². The number of nitrogens with two attached hydrogens (primary N) is 1. The van der Waals surface area contributed by atoms with Crippen molar-refractivity contribution in [1.82, 2.24) is 5.43 Å². The van der Waals surface area contributed by atoms with Crippen LogP contribution in [-0.4, -0.2) is 27.4 Å². The van der Waals surface area contributed by atoms with Gasteiger partial charge < -0.3 is 14.2 Å². The zero-order valence-corrected chi connectivity index (χ0v) is 11.9. The zero-order valence-electron chi connectivity index (χ0n) is 11.9. The summed E-state index contributed by atoms with van der Waals surface area (Å²) in [6, 6.07) is 5.69. The standard InChI is InChI=1S/C14H24N2O3/c1-4-19-10-6-7-11(16-15)14-12(17-2)8-5-9-13(14)18-3/h5,8-9,11,16H,4,6-7,10,15H2,1-3H3. The first-order valence-electron chi connectivity index (χ1n) is 6.53. The van der Waals surface area contributed by atoms with E-state index in [1.54, 1.807) is 14.2 Å². The highest BCUT2D eigenvalue weighted by molar-refractivity contribution is 5.46. The molecule has 1 atom stereocenters. The predicted octanol–water partition coefficient (Wildman–Crippen LogP) is 2.02. The topological polar surface area (TPSA) is 65.7 Å². The lowest BCUT2D eigenvalue weighted by Gasteiger charge is -2.21. The number of hydrazine groups is 1. The van der Waals surface area contributed by atoms with Crippen LogP contribution in [0.1, 0.15) is 31.4 Å². The molecule has 0 saturated carbocycles. The average Bonchev–Trinajstić information content (AvgIpc) is 2.47. The van der Waals surface area contributed by atoms with Crippen LogP contribution in [0.15, 0.2) is 18.2 Å². The van der Waals surface area contributed by atoms with Gasteiger partial charge in [-0.05, 0) is 31.9 Å². The maximum Gasteiger partial charge on any atom is 0.127 e. The molecule has 3 N–H and O–H groups in total. The van der Waals surface area contributed by atoms with E-state index >= 15 is 0 Å². The number of methoxy groups -OCH3 is 2. The molecule has 0 amide bonds. The van der Waals surface area contributed by atoms with Crippen molar-refractivity contribution in [3.8, 4) is 11.5 Å². The Morgan fingerprint density at radius 1 is 1.21 bits per heavy atom. The highest BCUT2D eigenvalue weighted by Gasteiger charge is 2.19. The van der Waals surface area contributed by atoms with E-state index < -0.39 is 0 Å². The van der Waals surface area contributed by atoms with Gasteiger partial charge in [-0.1, -0.05) is 6.07 Å². The summed E-state index contributed by atoms with van der Waals surface area (Å²) in [5, 5.41) is 0. The summed E-state index contributed by atoms with van der Waals surface area (Å²) in [6.07, 6.45) is 1.77. The minimum atomic E-state index is -0.0217. The van der Waals surface area contributed by atoms with Gasteiger partial charge in [0.1, 0.15) is 11.5 Å². The lowest BCUT2D eigenvalue weighted by atomic mass is 10.0. The van der Waals surface area contributed by atoms with E-state index in [1.807, 2.05) is 25.1 Å². The first-order chi connectivity index (χ1) is 9.28. The number of ether oxygens (including phenoxy) is 3. The van der Waals surface area contributed by atoms with Gasteiger partial charge in [-0.2, -0.15) is 0 Å². The number of nitrogens with one attached hydrogen (secondary N) is 1. The van der Waals surface area contributed by atoms with Gasteiger partial charge in [-0.15, -0.1) is 0 Å². The SMILES string of the molecule is CCOCCCC(NN)c1c(OC)cccc1OC.